The molecule has 0 saturated heterocycles. The Balaban J connectivity index is 2.40. The Kier molecular flexibility index (Phi) is 3.25. The minimum absolute atomic E-state index is 0.246. The summed E-state index contributed by atoms with van der Waals surface area (Å²) in [6.07, 6.45) is 0. The zero-order chi connectivity index (χ0) is 14.9. The number of aromatic nitrogens is 3. The summed E-state index contributed by atoms with van der Waals surface area (Å²) in [5, 5.41) is 18.0. The molecule has 0 fully saturated rings. The number of aromatic amines is 1. The van der Waals surface area contributed by atoms with Crippen molar-refractivity contribution < 1.29 is 18.5 Å². The fourth-order valence-electron chi connectivity index (χ4n) is 1.36. The number of nitrogens with one attached hydrogen (secondary N) is 2. The van der Waals surface area contributed by atoms with Gasteiger partial charge in [-0.3, -0.25) is 20.0 Å². The van der Waals surface area contributed by atoms with E-state index < -0.39 is 39.7 Å². The average molecular weight is 284 g/mol. The van der Waals surface area contributed by atoms with E-state index >= 15 is 0 Å². The van der Waals surface area contributed by atoms with Crippen LogP contribution in [0.3, 0.4) is 0 Å². The predicted molar refractivity (Wildman–Crippen MR) is 61.8 cm³/mol. The van der Waals surface area contributed by atoms with E-state index in [0.29, 0.717) is 6.07 Å². The van der Waals surface area contributed by atoms with Crippen molar-refractivity contribution in [3.05, 3.63) is 39.7 Å². The van der Waals surface area contributed by atoms with Crippen molar-refractivity contribution >= 4 is 23.2 Å². The third-order valence-electron chi connectivity index (χ3n) is 2.23. The van der Waals surface area contributed by atoms with E-state index in [-0.39, 0.29) is 5.95 Å². The first-order chi connectivity index (χ1) is 9.40. The first-order valence-electron chi connectivity index (χ1n) is 5.01. The molecule has 0 saturated carbocycles. The second kappa shape index (κ2) is 4.87. The number of hydrogen-bond acceptors (Lipinski definition) is 6. The van der Waals surface area contributed by atoms with Crippen LogP contribution >= 0.6 is 0 Å². The molecular formula is C9H6F2N6O3. The molecule has 0 spiro atoms. The molecule has 2 rings (SSSR count). The van der Waals surface area contributed by atoms with Gasteiger partial charge in [-0.15, -0.1) is 5.10 Å². The summed E-state index contributed by atoms with van der Waals surface area (Å²) in [5.41, 5.74) is 3.46. The van der Waals surface area contributed by atoms with Crippen LogP contribution in [-0.2, 0) is 0 Å². The number of anilines is 2. The van der Waals surface area contributed by atoms with E-state index in [1.165, 1.54) is 0 Å². The number of carbonyl (C=O) groups is 1. The molecule has 0 atom stereocenters. The van der Waals surface area contributed by atoms with E-state index in [1.807, 2.05) is 5.32 Å². The number of nitrogen functional groups attached to an aromatic ring is 1. The molecule has 9 nitrogen and oxygen atoms in total. The van der Waals surface area contributed by atoms with Crippen molar-refractivity contribution in [3.8, 4) is 0 Å². The van der Waals surface area contributed by atoms with Crippen molar-refractivity contribution in [2.24, 2.45) is 0 Å². The van der Waals surface area contributed by atoms with Crippen LogP contribution in [0.1, 0.15) is 10.6 Å². The van der Waals surface area contributed by atoms with Crippen LogP contribution in [0.25, 0.3) is 0 Å². The Morgan fingerprint density at radius 1 is 1.45 bits per heavy atom. The molecule has 11 heteroatoms. The van der Waals surface area contributed by atoms with E-state index in [9.17, 15) is 23.7 Å². The van der Waals surface area contributed by atoms with Gasteiger partial charge in [0.2, 0.25) is 11.8 Å². The molecule has 1 heterocycles. The Labute approximate surface area is 109 Å². The minimum Gasteiger partial charge on any atom is -0.366 e. The quantitative estimate of drug-likeness (QED) is 0.563. The Bertz CT molecular complexity index is 701. The summed E-state index contributed by atoms with van der Waals surface area (Å²) in [6, 6.07) is 1.30. The van der Waals surface area contributed by atoms with Crippen LogP contribution in [0.5, 0.6) is 0 Å². The highest BCUT2D eigenvalue weighted by Gasteiger charge is 2.24. The molecule has 2 aromatic rings. The Morgan fingerprint density at radius 3 is 2.70 bits per heavy atom. The molecule has 1 aromatic heterocycles. The number of nitrogens with zero attached hydrogens (tertiary/aromatic N) is 3. The summed E-state index contributed by atoms with van der Waals surface area (Å²) in [4.78, 5) is 24.9. The third-order valence-corrected chi connectivity index (χ3v) is 2.23. The molecule has 104 valence electrons. The lowest BCUT2D eigenvalue weighted by Crippen LogP contribution is -2.16. The zero-order valence-corrected chi connectivity index (χ0v) is 9.55. The van der Waals surface area contributed by atoms with Gasteiger partial charge in [-0.05, 0) is 6.07 Å². The summed E-state index contributed by atoms with van der Waals surface area (Å²) < 4.78 is 26.6. The van der Waals surface area contributed by atoms with Crippen LogP contribution < -0.4 is 11.1 Å². The number of hydrogen-bond donors (Lipinski definition) is 3. The maximum Gasteiger partial charge on any atom is 0.296 e. The summed E-state index contributed by atoms with van der Waals surface area (Å²) in [6.45, 7) is 0. The molecule has 1 amide bonds. The van der Waals surface area contributed by atoms with Gasteiger partial charge in [-0.2, -0.15) is 4.98 Å². The van der Waals surface area contributed by atoms with E-state index in [2.05, 4.69) is 15.2 Å². The minimum atomic E-state index is -1.56. The standard InChI is InChI=1S/C9H6F2N6O3/c10-3-1-2-4(17(19)20)6(5(3)11)13-8(18)7-14-9(12)16-15-7/h1-2H,(H,13,18)(H3,12,14,15,16). The van der Waals surface area contributed by atoms with Gasteiger partial charge in [0.1, 0.15) is 0 Å². The average Bonchev–Trinajstić information content (AvgIpc) is 2.81. The molecule has 0 unspecified atom stereocenters. The Hall–Kier alpha value is -3.11. The largest absolute Gasteiger partial charge is 0.366 e. The zero-order valence-electron chi connectivity index (χ0n) is 9.55. The highest BCUT2D eigenvalue weighted by Crippen LogP contribution is 2.29. The van der Waals surface area contributed by atoms with Crippen LogP contribution in [0.2, 0.25) is 0 Å². The van der Waals surface area contributed by atoms with Crippen molar-refractivity contribution in [1.82, 2.24) is 15.2 Å². The van der Waals surface area contributed by atoms with Gasteiger partial charge in [0.05, 0.1) is 4.92 Å². The van der Waals surface area contributed by atoms with E-state index in [1.54, 1.807) is 0 Å². The number of H-pyrrole nitrogens is 1. The molecule has 4 N–H and O–H groups in total. The summed E-state index contributed by atoms with van der Waals surface area (Å²) >= 11 is 0. The van der Waals surface area contributed by atoms with Crippen LogP contribution in [-0.4, -0.2) is 26.0 Å². The van der Waals surface area contributed by atoms with Gasteiger partial charge in [0.15, 0.2) is 17.3 Å². The number of halogens is 2. The molecule has 0 aliphatic rings. The summed E-state index contributed by atoms with van der Waals surface area (Å²) in [5.74, 6) is -4.60. The van der Waals surface area contributed by atoms with Crippen LogP contribution in [0.15, 0.2) is 12.1 Å². The first kappa shape index (κ1) is 13.3. The SMILES string of the molecule is Nc1n[nH]c(C(=O)Nc2c([N+](=O)[O-])ccc(F)c2F)n1. The van der Waals surface area contributed by atoms with Crippen molar-refractivity contribution in [2.45, 2.75) is 0 Å². The number of nitro benzene ring substituents is 1. The summed E-state index contributed by atoms with van der Waals surface area (Å²) in [7, 11) is 0. The van der Waals surface area contributed by atoms with Crippen molar-refractivity contribution in [1.29, 1.82) is 0 Å². The molecule has 0 aliphatic carbocycles. The number of nitrogens with two attached hydrogens (primary N) is 1. The fourth-order valence-corrected chi connectivity index (χ4v) is 1.36. The lowest BCUT2D eigenvalue weighted by molar-refractivity contribution is -0.384. The van der Waals surface area contributed by atoms with Crippen molar-refractivity contribution in [2.75, 3.05) is 11.1 Å². The van der Waals surface area contributed by atoms with Gasteiger partial charge < -0.3 is 11.1 Å². The maximum absolute atomic E-state index is 13.5. The Morgan fingerprint density at radius 2 is 2.15 bits per heavy atom. The number of nitro groups is 1. The van der Waals surface area contributed by atoms with Gasteiger partial charge in [-0.25, -0.2) is 8.78 Å². The smallest absolute Gasteiger partial charge is 0.296 e. The molecule has 1 aromatic carbocycles. The fraction of sp³-hybridized carbons (Fsp3) is 0. The van der Waals surface area contributed by atoms with Gasteiger partial charge in [-0.1, -0.05) is 0 Å². The highest BCUT2D eigenvalue weighted by atomic mass is 19.2. The van der Waals surface area contributed by atoms with Gasteiger partial charge >= 0.3 is 0 Å². The molecule has 0 bridgehead atoms. The monoisotopic (exact) mass is 284 g/mol. The normalized spacial score (nSPS) is 10.3. The topological polar surface area (TPSA) is 140 Å². The van der Waals surface area contributed by atoms with E-state index in [0.717, 1.165) is 6.07 Å². The second-order valence-corrected chi connectivity index (χ2v) is 3.51. The third kappa shape index (κ3) is 2.36. The van der Waals surface area contributed by atoms with Gasteiger partial charge in [0, 0.05) is 6.07 Å². The number of carbonyl (C=O) groups excluding carboxylic acids is 1. The number of rotatable bonds is 3. The molecule has 0 radical (unpaired) electrons. The van der Waals surface area contributed by atoms with Crippen LogP contribution in [0.4, 0.5) is 26.1 Å². The maximum atomic E-state index is 13.5. The van der Waals surface area contributed by atoms with E-state index in [4.69, 9.17) is 5.73 Å². The van der Waals surface area contributed by atoms with Crippen molar-refractivity contribution in [3.63, 3.8) is 0 Å². The molecule has 0 aliphatic heterocycles. The number of benzene rings is 1. The number of amides is 1. The first-order valence-corrected chi connectivity index (χ1v) is 5.01. The molecule has 20 heavy (non-hydrogen) atoms. The van der Waals surface area contributed by atoms with Crippen LogP contribution in [0, 0.1) is 21.7 Å². The molecular weight excluding hydrogens is 278 g/mol. The lowest BCUT2D eigenvalue weighted by Gasteiger charge is -2.05. The predicted octanol–water partition coefficient (Wildman–Crippen LogP) is 0.826. The highest BCUT2D eigenvalue weighted by molar-refractivity contribution is 6.03. The lowest BCUT2D eigenvalue weighted by atomic mass is 10.2. The van der Waals surface area contributed by atoms with Gasteiger partial charge in [0.25, 0.3) is 11.6 Å². The second-order valence-electron chi connectivity index (χ2n) is 3.51.